The van der Waals surface area contributed by atoms with Crippen LogP contribution in [0.15, 0.2) is 83.3 Å². The zero-order valence-corrected chi connectivity index (χ0v) is 18.5. The molecule has 5 heteroatoms. The molecule has 0 aliphatic rings. The summed E-state index contributed by atoms with van der Waals surface area (Å²) >= 11 is 6.45. The Kier molecular flexibility index (Phi) is 5.16. The zero-order valence-electron chi connectivity index (χ0n) is 17.7. The number of hydrogen-bond donors (Lipinski definition) is 1. The first-order valence-electron chi connectivity index (χ1n) is 10.5. The van der Waals surface area contributed by atoms with E-state index < -0.39 is 0 Å². The maximum Gasteiger partial charge on any atom is 0.255 e. The summed E-state index contributed by atoms with van der Waals surface area (Å²) in [7, 11) is 0. The highest BCUT2D eigenvalue weighted by molar-refractivity contribution is 6.33. The van der Waals surface area contributed by atoms with Crippen molar-refractivity contribution in [2.24, 2.45) is 0 Å². The van der Waals surface area contributed by atoms with Crippen molar-refractivity contribution in [2.45, 2.75) is 19.8 Å². The lowest BCUT2D eigenvalue weighted by Gasteiger charge is -2.08. The van der Waals surface area contributed by atoms with Crippen molar-refractivity contribution in [3.8, 4) is 11.5 Å². The molecule has 0 bridgehead atoms. The molecule has 0 aliphatic carbocycles. The van der Waals surface area contributed by atoms with Crippen LogP contribution >= 0.6 is 11.6 Å². The third kappa shape index (κ3) is 3.85. The lowest BCUT2D eigenvalue weighted by Crippen LogP contribution is -2.11. The Morgan fingerprint density at radius 2 is 1.75 bits per heavy atom. The van der Waals surface area contributed by atoms with Gasteiger partial charge in [-0.3, -0.25) is 4.79 Å². The predicted molar refractivity (Wildman–Crippen MR) is 130 cm³/mol. The highest BCUT2D eigenvalue weighted by Gasteiger charge is 2.15. The monoisotopic (exact) mass is 440 g/mol. The molecule has 0 saturated heterocycles. The van der Waals surface area contributed by atoms with E-state index in [1.807, 2.05) is 60.7 Å². The number of nitrogens with zero attached hydrogens (tertiary/aromatic N) is 1. The Bertz CT molecular complexity index is 1470. The van der Waals surface area contributed by atoms with Crippen molar-refractivity contribution in [3.05, 3.63) is 95.0 Å². The molecule has 5 rings (SSSR count). The molecule has 0 aliphatic heterocycles. The first kappa shape index (κ1) is 20.3. The topological polar surface area (TPSA) is 55.1 Å². The molecule has 1 N–H and O–H groups in total. The van der Waals surface area contributed by atoms with Crippen molar-refractivity contribution < 1.29 is 9.21 Å². The minimum atomic E-state index is -0.192. The van der Waals surface area contributed by atoms with E-state index in [-0.39, 0.29) is 5.91 Å². The molecular formula is C27H21ClN2O2. The number of carbonyl (C=O) groups excluding carboxylic acids is 1. The number of amides is 1. The molecule has 5 aromatic rings. The lowest BCUT2D eigenvalue weighted by molar-refractivity contribution is 0.102. The van der Waals surface area contributed by atoms with Gasteiger partial charge < -0.3 is 9.73 Å². The minimum absolute atomic E-state index is 0.192. The number of rotatable bonds is 4. The summed E-state index contributed by atoms with van der Waals surface area (Å²) in [5.74, 6) is 0.632. The van der Waals surface area contributed by atoms with E-state index in [2.05, 4.69) is 24.1 Å². The fourth-order valence-corrected chi connectivity index (χ4v) is 3.92. The molecule has 158 valence electrons. The quantitative estimate of drug-likeness (QED) is 0.312. The van der Waals surface area contributed by atoms with Crippen LogP contribution in [0.2, 0.25) is 5.02 Å². The molecule has 1 aromatic heterocycles. The molecule has 4 aromatic carbocycles. The molecule has 0 unspecified atom stereocenters. The van der Waals surface area contributed by atoms with Crippen molar-refractivity contribution >= 4 is 45.1 Å². The Labute approximate surface area is 190 Å². The first-order chi connectivity index (χ1) is 15.5. The maximum absolute atomic E-state index is 12.8. The predicted octanol–water partition coefficient (Wildman–Crippen LogP) is 7.68. The molecular weight excluding hydrogens is 420 g/mol. The van der Waals surface area contributed by atoms with Gasteiger partial charge in [0.25, 0.3) is 5.91 Å². The van der Waals surface area contributed by atoms with Gasteiger partial charge in [0, 0.05) is 11.3 Å². The summed E-state index contributed by atoms with van der Waals surface area (Å²) in [4.78, 5) is 17.5. The summed E-state index contributed by atoms with van der Waals surface area (Å²) in [5, 5.41) is 5.56. The van der Waals surface area contributed by atoms with E-state index in [4.69, 9.17) is 16.0 Å². The third-order valence-electron chi connectivity index (χ3n) is 5.54. The van der Waals surface area contributed by atoms with Crippen molar-refractivity contribution in [1.82, 2.24) is 4.98 Å². The molecule has 0 atom stereocenters. The van der Waals surface area contributed by atoms with Gasteiger partial charge in [0.15, 0.2) is 5.58 Å². The van der Waals surface area contributed by atoms with Crippen LogP contribution in [-0.4, -0.2) is 10.9 Å². The van der Waals surface area contributed by atoms with Crippen LogP contribution in [0.4, 0.5) is 5.69 Å². The van der Waals surface area contributed by atoms with Crippen LogP contribution in [0.3, 0.4) is 0 Å². The van der Waals surface area contributed by atoms with Gasteiger partial charge in [-0.15, -0.1) is 0 Å². The Hall–Kier alpha value is -3.63. The van der Waals surface area contributed by atoms with Gasteiger partial charge in [-0.05, 0) is 64.7 Å². The molecule has 32 heavy (non-hydrogen) atoms. The molecule has 0 fully saturated rings. The van der Waals surface area contributed by atoms with Gasteiger partial charge >= 0.3 is 0 Å². The number of halogens is 1. The number of nitrogens with one attached hydrogen (secondary N) is 1. The number of aromatic nitrogens is 1. The van der Waals surface area contributed by atoms with Gasteiger partial charge in [0.1, 0.15) is 5.52 Å². The van der Waals surface area contributed by atoms with Gasteiger partial charge in [-0.2, -0.15) is 0 Å². The standard InChI is InChI=1S/C27H21ClN2O2/c1-16(2)18-9-12-25-24(14-18)30-27(32-25)22-15-21(10-11-23(22)28)29-26(31)20-8-7-17-5-3-4-6-19(17)13-20/h3-16H,1-2H3,(H,29,31). The number of anilines is 1. The minimum Gasteiger partial charge on any atom is -0.436 e. The van der Waals surface area contributed by atoms with Gasteiger partial charge in [-0.25, -0.2) is 4.98 Å². The van der Waals surface area contributed by atoms with Crippen molar-refractivity contribution in [3.63, 3.8) is 0 Å². The van der Waals surface area contributed by atoms with E-state index in [1.54, 1.807) is 18.2 Å². The Morgan fingerprint density at radius 3 is 2.56 bits per heavy atom. The van der Waals surface area contributed by atoms with E-state index in [0.717, 1.165) is 16.3 Å². The molecule has 0 radical (unpaired) electrons. The van der Waals surface area contributed by atoms with Crippen LogP contribution in [0.5, 0.6) is 0 Å². The number of oxazole rings is 1. The first-order valence-corrected chi connectivity index (χ1v) is 10.9. The summed E-state index contributed by atoms with van der Waals surface area (Å²) in [5.41, 5.74) is 4.51. The highest BCUT2D eigenvalue weighted by atomic mass is 35.5. The maximum atomic E-state index is 12.8. The zero-order chi connectivity index (χ0) is 22.2. The average molecular weight is 441 g/mol. The molecule has 1 heterocycles. The SMILES string of the molecule is CC(C)c1ccc2oc(-c3cc(NC(=O)c4ccc5ccccc5c4)ccc3Cl)nc2c1. The van der Waals surface area contributed by atoms with Crippen LogP contribution in [0.1, 0.15) is 35.7 Å². The highest BCUT2D eigenvalue weighted by Crippen LogP contribution is 2.33. The van der Waals surface area contributed by atoms with Gasteiger partial charge in [0.2, 0.25) is 5.89 Å². The van der Waals surface area contributed by atoms with Crippen LogP contribution < -0.4 is 5.32 Å². The second-order valence-corrected chi connectivity index (χ2v) is 8.52. The smallest absolute Gasteiger partial charge is 0.255 e. The van der Waals surface area contributed by atoms with E-state index in [0.29, 0.717) is 39.2 Å². The van der Waals surface area contributed by atoms with Crippen molar-refractivity contribution in [1.29, 1.82) is 0 Å². The number of benzene rings is 4. The molecule has 0 spiro atoms. The fraction of sp³-hybridized carbons (Fsp3) is 0.111. The van der Waals surface area contributed by atoms with Gasteiger partial charge in [-0.1, -0.05) is 61.8 Å². The Balaban J connectivity index is 1.45. The number of carbonyl (C=O) groups is 1. The normalized spacial score (nSPS) is 11.4. The van der Waals surface area contributed by atoms with Crippen LogP contribution in [0, 0.1) is 0 Å². The largest absolute Gasteiger partial charge is 0.436 e. The summed E-state index contributed by atoms with van der Waals surface area (Å²) in [6, 6.07) is 24.9. The Morgan fingerprint density at radius 1 is 0.938 bits per heavy atom. The second-order valence-electron chi connectivity index (χ2n) is 8.11. The number of hydrogen-bond acceptors (Lipinski definition) is 3. The average Bonchev–Trinajstić information content (AvgIpc) is 3.23. The fourth-order valence-electron chi connectivity index (χ4n) is 3.72. The van der Waals surface area contributed by atoms with Gasteiger partial charge in [0.05, 0.1) is 10.6 Å². The molecule has 0 saturated carbocycles. The molecule has 4 nitrogen and oxygen atoms in total. The van der Waals surface area contributed by atoms with Crippen LogP contribution in [-0.2, 0) is 0 Å². The summed E-state index contributed by atoms with van der Waals surface area (Å²) in [6.45, 7) is 4.28. The lowest BCUT2D eigenvalue weighted by atomic mass is 10.0. The van der Waals surface area contributed by atoms with E-state index >= 15 is 0 Å². The van der Waals surface area contributed by atoms with E-state index in [1.165, 1.54) is 5.56 Å². The summed E-state index contributed by atoms with van der Waals surface area (Å²) in [6.07, 6.45) is 0. The second kappa shape index (κ2) is 8.13. The van der Waals surface area contributed by atoms with Crippen molar-refractivity contribution in [2.75, 3.05) is 5.32 Å². The van der Waals surface area contributed by atoms with Crippen LogP contribution in [0.25, 0.3) is 33.3 Å². The number of fused-ring (bicyclic) bond motifs is 2. The van der Waals surface area contributed by atoms with E-state index in [9.17, 15) is 4.79 Å². The summed E-state index contributed by atoms with van der Waals surface area (Å²) < 4.78 is 5.95. The molecule has 1 amide bonds. The third-order valence-corrected chi connectivity index (χ3v) is 5.87.